The summed E-state index contributed by atoms with van der Waals surface area (Å²) in [6.07, 6.45) is 0. The van der Waals surface area contributed by atoms with E-state index in [9.17, 15) is 0 Å². The summed E-state index contributed by atoms with van der Waals surface area (Å²) in [7, 11) is 0. The number of thiophene rings is 1. The topological polar surface area (TPSA) is 9.86 Å². The zero-order valence-electron chi connectivity index (χ0n) is 27.6. The maximum atomic E-state index is 2.44. The maximum absolute atomic E-state index is 2.44. The number of rotatable bonds is 4. The van der Waals surface area contributed by atoms with Crippen LogP contribution in [0.25, 0.3) is 97.4 Å². The molecule has 0 fully saturated rings. The lowest BCUT2D eigenvalue weighted by atomic mass is 9.93. The van der Waals surface area contributed by atoms with Gasteiger partial charge >= 0.3 is 0 Å². The molecule has 0 aliphatic heterocycles. The zero-order valence-corrected chi connectivity index (χ0v) is 28.4. The van der Waals surface area contributed by atoms with Crippen LogP contribution in [0.4, 0.5) is 0 Å². The molecule has 0 unspecified atom stereocenters. The molecule has 8 aromatic carbocycles. The normalized spacial score (nSPS) is 11.9. The van der Waals surface area contributed by atoms with Gasteiger partial charge in [-0.25, -0.2) is 0 Å². The van der Waals surface area contributed by atoms with Crippen molar-refractivity contribution in [1.82, 2.24) is 9.13 Å². The van der Waals surface area contributed by atoms with E-state index in [1.807, 2.05) is 11.3 Å². The van der Waals surface area contributed by atoms with Crippen LogP contribution in [0.1, 0.15) is 0 Å². The molecule has 0 aliphatic carbocycles. The molecule has 238 valence electrons. The Labute approximate surface area is 298 Å². The fourth-order valence-electron chi connectivity index (χ4n) is 8.29. The van der Waals surface area contributed by atoms with Gasteiger partial charge in [0.15, 0.2) is 0 Å². The van der Waals surface area contributed by atoms with Crippen molar-refractivity contribution < 1.29 is 0 Å². The molecule has 0 spiro atoms. The van der Waals surface area contributed by atoms with Crippen molar-refractivity contribution in [1.29, 1.82) is 0 Å². The number of hydrogen-bond acceptors (Lipinski definition) is 1. The lowest BCUT2D eigenvalue weighted by Crippen LogP contribution is -1.95. The van der Waals surface area contributed by atoms with Crippen molar-refractivity contribution >= 4 is 75.1 Å². The van der Waals surface area contributed by atoms with Crippen molar-refractivity contribution in [3.63, 3.8) is 0 Å². The van der Waals surface area contributed by atoms with Crippen LogP contribution < -0.4 is 0 Å². The van der Waals surface area contributed by atoms with E-state index in [0.29, 0.717) is 0 Å². The third kappa shape index (κ3) is 4.22. The third-order valence-electron chi connectivity index (χ3n) is 10.5. The fraction of sp³-hybridized carbons (Fsp3) is 0. The SMILES string of the molecule is c1ccc(-n2c3ccccc3c3c(-c4cccc5c4sc4ccccc45)cc(-c4ccc(-n5c6ccccc6c6ccccc65)cc4)cc32)cc1. The molecule has 0 saturated heterocycles. The number of aromatic nitrogens is 2. The van der Waals surface area contributed by atoms with E-state index in [1.165, 1.54) is 86.0 Å². The first-order chi connectivity index (χ1) is 25.3. The van der Waals surface area contributed by atoms with E-state index >= 15 is 0 Å². The fourth-order valence-corrected chi connectivity index (χ4v) is 9.52. The summed E-state index contributed by atoms with van der Waals surface area (Å²) < 4.78 is 7.48. The summed E-state index contributed by atoms with van der Waals surface area (Å²) in [6, 6.07) is 66.6. The summed E-state index contributed by atoms with van der Waals surface area (Å²) in [5.74, 6) is 0. The van der Waals surface area contributed by atoms with Crippen molar-refractivity contribution in [2.24, 2.45) is 0 Å². The van der Waals surface area contributed by atoms with Gasteiger partial charge in [-0.3, -0.25) is 0 Å². The first-order valence-electron chi connectivity index (χ1n) is 17.4. The Morgan fingerprint density at radius 2 is 0.882 bits per heavy atom. The summed E-state index contributed by atoms with van der Waals surface area (Å²) in [5.41, 5.74) is 12.1. The quantitative estimate of drug-likeness (QED) is 0.177. The molecule has 0 amide bonds. The number of fused-ring (bicyclic) bond motifs is 9. The Morgan fingerprint density at radius 1 is 0.333 bits per heavy atom. The highest BCUT2D eigenvalue weighted by atomic mass is 32.1. The summed E-state index contributed by atoms with van der Waals surface area (Å²) >= 11 is 1.89. The molecule has 51 heavy (non-hydrogen) atoms. The van der Waals surface area contributed by atoms with Gasteiger partial charge in [0.1, 0.15) is 0 Å². The number of benzene rings is 8. The minimum absolute atomic E-state index is 1.16. The van der Waals surface area contributed by atoms with Crippen LogP contribution >= 0.6 is 11.3 Å². The Kier molecular flexibility index (Phi) is 6.16. The average molecular weight is 667 g/mol. The highest BCUT2D eigenvalue weighted by Crippen LogP contribution is 2.46. The average Bonchev–Trinajstić information content (AvgIpc) is 3.86. The van der Waals surface area contributed by atoms with E-state index < -0.39 is 0 Å². The van der Waals surface area contributed by atoms with Crippen molar-refractivity contribution in [2.45, 2.75) is 0 Å². The van der Waals surface area contributed by atoms with Crippen molar-refractivity contribution in [3.8, 4) is 33.6 Å². The van der Waals surface area contributed by atoms with Crippen molar-refractivity contribution in [3.05, 3.63) is 182 Å². The molecule has 0 radical (unpaired) electrons. The first-order valence-corrected chi connectivity index (χ1v) is 18.3. The molecule has 3 heteroatoms. The molecule has 0 aliphatic rings. The van der Waals surface area contributed by atoms with Crippen LogP contribution in [0.15, 0.2) is 182 Å². The van der Waals surface area contributed by atoms with Gasteiger partial charge in [-0.1, -0.05) is 121 Å². The molecule has 11 aromatic rings. The van der Waals surface area contributed by atoms with E-state index in [1.54, 1.807) is 0 Å². The Hall–Kier alpha value is -6.42. The zero-order chi connectivity index (χ0) is 33.5. The molecule has 2 nitrogen and oxygen atoms in total. The second kappa shape index (κ2) is 11.0. The van der Waals surface area contributed by atoms with Crippen molar-refractivity contribution in [2.75, 3.05) is 0 Å². The van der Waals surface area contributed by atoms with Crippen LogP contribution in [0.3, 0.4) is 0 Å². The van der Waals surface area contributed by atoms with Gasteiger partial charge < -0.3 is 9.13 Å². The molecular weight excluding hydrogens is 637 g/mol. The second-order valence-corrected chi connectivity index (χ2v) is 14.4. The van der Waals surface area contributed by atoms with Gasteiger partial charge in [0, 0.05) is 58.7 Å². The van der Waals surface area contributed by atoms with Gasteiger partial charge in [0.2, 0.25) is 0 Å². The Bertz CT molecular complexity index is 3070. The van der Waals surface area contributed by atoms with Crippen LogP contribution in [0.5, 0.6) is 0 Å². The van der Waals surface area contributed by atoms with E-state index in [0.717, 1.165) is 11.4 Å². The predicted octanol–water partition coefficient (Wildman–Crippen LogP) is 13.6. The first kappa shape index (κ1) is 28.4. The number of para-hydroxylation sites is 4. The molecule has 0 N–H and O–H groups in total. The molecule has 3 heterocycles. The molecule has 11 rings (SSSR count). The van der Waals surface area contributed by atoms with E-state index in [2.05, 4.69) is 191 Å². The lowest BCUT2D eigenvalue weighted by Gasteiger charge is -2.14. The molecule has 3 aromatic heterocycles. The lowest BCUT2D eigenvalue weighted by molar-refractivity contribution is 1.18. The smallest absolute Gasteiger partial charge is 0.0553 e. The molecule has 0 atom stereocenters. The highest BCUT2D eigenvalue weighted by molar-refractivity contribution is 7.26. The van der Waals surface area contributed by atoms with Gasteiger partial charge in [0.25, 0.3) is 0 Å². The second-order valence-electron chi connectivity index (χ2n) is 13.3. The third-order valence-corrected chi connectivity index (χ3v) is 11.7. The standard InChI is InChI=1S/C48H30N2S/c1-2-13-33(14-3-1)50-44-23-10-6-18-40(44)47-41(39-20-12-19-38-37-17-7-11-24-46(37)51-48(38)39)29-32(30-45(47)50)31-25-27-34(28-26-31)49-42-21-8-4-15-35(42)36-16-5-9-22-43(36)49/h1-30H. The highest BCUT2D eigenvalue weighted by Gasteiger charge is 2.20. The molecule has 0 saturated carbocycles. The Morgan fingerprint density at radius 3 is 1.61 bits per heavy atom. The number of hydrogen-bond donors (Lipinski definition) is 0. The van der Waals surface area contributed by atoms with E-state index in [4.69, 9.17) is 0 Å². The van der Waals surface area contributed by atoms with Crippen LogP contribution in [0.2, 0.25) is 0 Å². The largest absolute Gasteiger partial charge is 0.309 e. The molecule has 0 bridgehead atoms. The molecular formula is C48H30N2S. The van der Waals surface area contributed by atoms with Gasteiger partial charge in [0.05, 0.1) is 22.1 Å². The van der Waals surface area contributed by atoms with Gasteiger partial charge in [-0.05, 0) is 77.4 Å². The van der Waals surface area contributed by atoms with Gasteiger partial charge in [-0.15, -0.1) is 11.3 Å². The van der Waals surface area contributed by atoms with Crippen LogP contribution in [-0.4, -0.2) is 9.13 Å². The maximum Gasteiger partial charge on any atom is 0.0553 e. The summed E-state index contributed by atoms with van der Waals surface area (Å²) in [5, 5.41) is 7.73. The van der Waals surface area contributed by atoms with Gasteiger partial charge in [-0.2, -0.15) is 0 Å². The van der Waals surface area contributed by atoms with E-state index in [-0.39, 0.29) is 0 Å². The summed E-state index contributed by atoms with van der Waals surface area (Å²) in [6.45, 7) is 0. The number of nitrogens with zero attached hydrogens (tertiary/aromatic N) is 2. The van der Waals surface area contributed by atoms with Crippen LogP contribution in [-0.2, 0) is 0 Å². The minimum atomic E-state index is 1.16. The predicted molar refractivity (Wildman–Crippen MR) is 219 cm³/mol. The summed E-state index contributed by atoms with van der Waals surface area (Å²) in [4.78, 5) is 0. The minimum Gasteiger partial charge on any atom is -0.309 e. The monoisotopic (exact) mass is 666 g/mol. The Balaban J connectivity index is 1.19. The van der Waals surface area contributed by atoms with Crippen LogP contribution in [0, 0.1) is 0 Å².